The van der Waals surface area contributed by atoms with Crippen LogP contribution in [-0.4, -0.2) is 20.5 Å². The first-order chi connectivity index (χ1) is 12.8. The van der Waals surface area contributed by atoms with Crippen LogP contribution in [0.15, 0.2) is 79.0 Å². The van der Waals surface area contributed by atoms with Crippen molar-refractivity contribution in [1.29, 1.82) is 0 Å². The van der Waals surface area contributed by atoms with Gasteiger partial charge in [0.1, 0.15) is 0 Å². The quantitative estimate of drug-likeness (QED) is 0.601. The van der Waals surface area contributed by atoms with Gasteiger partial charge in [0.05, 0.1) is 11.9 Å². The molecular weight excluding hydrogens is 324 g/mol. The topological polar surface area (TPSA) is 59.3 Å². The van der Waals surface area contributed by atoms with E-state index < -0.39 is 0 Å². The molecule has 2 aromatic carbocycles. The third-order valence-electron chi connectivity index (χ3n) is 4.19. The second-order valence-corrected chi connectivity index (χ2v) is 6.04. The van der Waals surface area contributed by atoms with Crippen molar-refractivity contribution in [3.8, 4) is 0 Å². The van der Waals surface area contributed by atoms with Gasteiger partial charge in [-0.3, -0.25) is 4.79 Å². The lowest BCUT2D eigenvalue weighted by atomic mass is 10.1. The fourth-order valence-electron chi connectivity index (χ4n) is 2.83. The number of hydrogen-bond donors (Lipinski definition) is 1. The summed E-state index contributed by atoms with van der Waals surface area (Å²) in [6.45, 7) is 0. The molecule has 0 bridgehead atoms. The second-order valence-electron chi connectivity index (χ2n) is 6.04. The van der Waals surface area contributed by atoms with E-state index in [0.717, 1.165) is 24.2 Å². The molecule has 128 valence electrons. The first-order valence-corrected chi connectivity index (χ1v) is 8.53. The highest BCUT2D eigenvalue weighted by molar-refractivity contribution is 6.03. The summed E-state index contributed by atoms with van der Waals surface area (Å²) >= 11 is 0. The molecule has 1 amide bonds. The molecule has 0 aliphatic rings. The van der Waals surface area contributed by atoms with Crippen LogP contribution in [0.5, 0.6) is 0 Å². The van der Waals surface area contributed by atoms with Crippen molar-refractivity contribution in [2.75, 3.05) is 5.32 Å². The number of imidazole rings is 1. The number of carbonyl (C=O) groups excluding carboxylic acids is 1. The van der Waals surface area contributed by atoms with Crippen LogP contribution >= 0.6 is 0 Å². The van der Waals surface area contributed by atoms with E-state index in [1.807, 2.05) is 60.7 Å². The lowest BCUT2D eigenvalue weighted by molar-refractivity contribution is 0.102. The molecule has 26 heavy (non-hydrogen) atoms. The summed E-state index contributed by atoms with van der Waals surface area (Å²) in [7, 11) is 0. The lowest BCUT2D eigenvalue weighted by Crippen LogP contribution is -2.15. The molecule has 5 heteroatoms. The third kappa shape index (κ3) is 3.47. The molecule has 4 rings (SSSR count). The molecular formula is C21H18N4O. The van der Waals surface area contributed by atoms with E-state index in [9.17, 15) is 4.79 Å². The molecule has 0 saturated carbocycles. The summed E-state index contributed by atoms with van der Waals surface area (Å²) in [5.74, 6) is -0.226. The molecule has 5 nitrogen and oxygen atoms in total. The lowest BCUT2D eigenvalue weighted by Gasteiger charge is -2.06. The van der Waals surface area contributed by atoms with Crippen molar-refractivity contribution >= 4 is 17.2 Å². The highest BCUT2D eigenvalue weighted by atomic mass is 16.2. The van der Waals surface area contributed by atoms with Gasteiger partial charge in [0.25, 0.3) is 5.91 Å². The fraction of sp³-hybridized carbons (Fsp3) is 0.0952. The number of rotatable bonds is 5. The SMILES string of the molecule is O=C(Nc1ccccc1)c1cnc2ccc(CCc3ccccc3)nn12. The van der Waals surface area contributed by atoms with Crippen LogP contribution in [0.4, 0.5) is 5.69 Å². The zero-order valence-corrected chi connectivity index (χ0v) is 14.2. The number of carbonyl (C=O) groups is 1. The van der Waals surface area contributed by atoms with Gasteiger partial charge in [-0.15, -0.1) is 0 Å². The normalized spacial score (nSPS) is 10.8. The number of aryl methyl sites for hydroxylation is 2. The number of fused-ring (bicyclic) bond motifs is 1. The maximum atomic E-state index is 12.6. The van der Waals surface area contributed by atoms with Gasteiger partial charge in [0.15, 0.2) is 11.3 Å². The number of nitrogens with one attached hydrogen (secondary N) is 1. The molecule has 2 aromatic heterocycles. The zero-order valence-electron chi connectivity index (χ0n) is 14.2. The molecule has 0 aliphatic carbocycles. The first kappa shape index (κ1) is 16.0. The summed E-state index contributed by atoms with van der Waals surface area (Å²) in [6.07, 6.45) is 3.26. The maximum absolute atomic E-state index is 12.6. The van der Waals surface area contributed by atoms with E-state index in [4.69, 9.17) is 0 Å². The predicted octanol–water partition coefficient (Wildman–Crippen LogP) is 3.77. The van der Waals surface area contributed by atoms with Crippen molar-refractivity contribution in [2.45, 2.75) is 12.8 Å². The van der Waals surface area contributed by atoms with Gasteiger partial charge in [-0.05, 0) is 42.7 Å². The van der Waals surface area contributed by atoms with Crippen LogP contribution in [0.3, 0.4) is 0 Å². The molecule has 0 saturated heterocycles. The van der Waals surface area contributed by atoms with E-state index in [1.54, 1.807) is 10.7 Å². The van der Waals surface area contributed by atoms with Crippen molar-refractivity contribution in [3.05, 3.63) is 95.9 Å². The molecule has 1 N–H and O–H groups in total. The van der Waals surface area contributed by atoms with Crippen molar-refractivity contribution in [2.24, 2.45) is 0 Å². The van der Waals surface area contributed by atoms with E-state index in [2.05, 4.69) is 27.5 Å². The number of aromatic nitrogens is 3. The Morgan fingerprint density at radius 3 is 2.38 bits per heavy atom. The first-order valence-electron chi connectivity index (χ1n) is 8.53. The summed E-state index contributed by atoms with van der Waals surface area (Å²) < 4.78 is 1.61. The minimum atomic E-state index is -0.226. The van der Waals surface area contributed by atoms with Gasteiger partial charge in [0.2, 0.25) is 0 Å². The number of benzene rings is 2. The monoisotopic (exact) mass is 342 g/mol. The molecule has 2 heterocycles. The van der Waals surface area contributed by atoms with E-state index in [1.165, 1.54) is 5.56 Å². The summed E-state index contributed by atoms with van der Waals surface area (Å²) in [5.41, 5.74) is 4.01. The number of anilines is 1. The predicted molar refractivity (Wildman–Crippen MR) is 101 cm³/mol. The minimum Gasteiger partial charge on any atom is -0.321 e. The second kappa shape index (κ2) is 7.19. The van der Waals surface area contributed by atoms with Crippen LogP contribution < -0.4 is 5.32 Å². The molecule has 0 radical (unpaired) electrons. The number of nitrogens with zero attached hydrogens (tertiary/aromatic N) is 3. The van der Waals surface area contributed by atoms with E-state index in [0.29, 0.717) is 11.3 Å². The highest BCUT2D eigenvalue weighted by Crippen LogP contribution is 2.12. The zero-order chi connectivity index (χ0) is 17.8. The average molecular weight is 342 g/mol. The third-order valence-corrected chi connectivity index (χ3v) is 4.19. The van der Waals surface area contributed by atoms with Crippen LogP contribution in [0.25, 0.3) is 5.65 Å². The van der Waals surface area contributed by atoms with Gasteiger partial charge >= 0.3 is 0 Å². The molecule has 4 aromatic rings. The summed E-state index contributed by atoms with van der Waals surface area (Å²) in [6, 6.07) is 23.5. The highest BCUT2D eigenvalue weighted by Gasteiger charge is 2.14. The standard InChI is InChI=1S/C21H18N4O/c26-21(23-17-9-5-2-6-10-17)19-15-22-20-14-13-18(24-25(19)20)12-11-16-7-3-1-4-8-16/h1-10,13-15H,11-12H2,(H,23,26). The average Bonchev–Trinajstić information content (AvgIpc) is 3.11. The summed E-state index contributed by atoms with van der Waals surface area (Å²) in [5, 5.41) is 7.48. The van der Waals surface area contributed by atoms with E-state index >= 15 is 0 Å². The van der Waals surface area contributed by atoms with Gasteiger partial charge in [-0.25, -0.2) is 9.50 Å². The minimum absolute atomic E-state index is 0.226. The summed E-state index contributed by atoms with van der Waals surface area (Å²) in [4.78, 5) is 16.8. The molecule has 0 spiro atoms. The van der Waals surface area contributed by atoms with Crippen LogP contribution in [0.2, 0.25) is 0 Å². The maximum Gasteiger partial charge on any atom is 0.276 e. The van der Waals surface area contributed by atoms with Crippen molar-refractivity contribution in [1.82, 2.24) is 14.6 Å². The molecule has 0 unspecified atom stereocenters. The van der Waals surface area contributed by atoms with Gasteiger partial charge in [-0.2, -0.15) is 5.10 Å². The van der Waals surface area contributed by atoms with Crippen LogP contribution in [-0.2, 0) is 12.8 Å². The van der Waals surface area contributed by atoms with Crippen LogP contribution in [0, 0.1) is 0 Å². The smallest absolute Gasteiger partial charge is 0.276 e. The Kier molecular flexibility index (Phi) is 4.43. The number of amides is 1. The Hall–Kier alpha value is -3.47. The van der Waals surface area contributed by atoms with Crippen molar-refractivity contribution in [3.63, 3.8) is 0 Å². The molecule has 0 fully saturated rings. The number of para-hydroxylation sites is 1. The number of hydrogen-bond acceptors (Lipinski definition) is 3. The Balaban J connectivity index is 1.55. The van der Waals surface area contributed by atoms with Crippen LogP contribution in [0.1, 0.15) is 21.7 Å². The Bertz CT molecular complexity index is 1030. The Labute approximate surface area is 151 Å². The van der Waals surface area contributed by atoms with Gasteiger partial charge in [-0.1, -0.05) is 48.5 Å². The Morgan fingerprint density at radius 2 is 1.62 bits per heavy atom. The van der Waals surface area contributed by atoms with E-state index in [-0.39, 0.29) is 5.91 Å². The van der Waals surface area contributed by atoms with Crippen molar-refractivity contribution < 1.29 is 4.79 Å². The van der Waals surface area contributed by atoms with Gasteiger partial charge in [0, 0.05) is 5.69 Å². The molecule has 0 atom stereocenters. The Morgan fingerprint density at radius 1 is 0.885 bits per heavy atom. The largest absolute Gasteiger partial charge is 0.321 e. The van der Waals surface area contributed by atoms with Gasteiger partial charge < -0.3 is 5.32 Å². The fourth-order valence-corrected chi connectivity index (χ4v) is 2.83. The molecule has 0 aliphatic heterocycles.